The third kappa shape index (κ3) is 5.50. The molecule has 0 fully saturated rings. The molecule has 0 aliphatic rings. The second-order valence-electron chi connectivity index (χ2n) is 7.68. The summed E-state index contributed by atoms with van der Waals surface area (Å²) in [6.45, 7) is 8.17. The Hall–Kier alpha value is -2.51. The van der Waals surface area contributed by atoms with E-state index in [1.165, 1.54) is 4.88 Å². The highest BCUT2D eigenvalue weighted by atomic mass is 32.1. The molecule has 3 rings (SSSR count). The number of aromatic nitrogens is 1. The molecule has 3 aromatic rings. The van der Waals surface area contributed by atoms with E-state index in [-0.39, 0.29) is 12.1 Å². The van der Waals surface area contributed by atoms with Crippen molar-refractivity contribution < 1.29 is 13.9 Å². The van der Waals surface area contributed by atoms with Gasteiger partial charge in [0.1, 0.15) is 17.4 Å². The Morgan fingerprint density at radius 3 is 2.71 bits per heavy atom. The monoisotopic (exact) mass is 401 g/mol. The van der Waals surface area contributed by atoms with Crippen molar-refractivity contribution in [2.45, 2.75) is 51.9 Å². The molecule has 0 bridgehead atoms. The van der Waals surface area contributed by atoms with E-state index in [2.05, 4.69) is 39.2 Å². The first-order valence-electron chi connectivity index (χ1n) is 9.30. The molecule has 3 aromatic heterocycles. The normalized spacial score (nSPS) is 13.9. The number of ether oxygens (including phenoxy) is 1. The highest BCUT2D eigenvalue weighted by Crippen LogP contribution is 2.24. The van der Waals surface area contributed by atoms with E-state index in [1.807, 2.05) is 45.9 Å². The number of carbonyl (C=O) groups excluding carboxylic acids is 1. The number of amides is 1. The van der Waals surface area contributed by atoms with Crippen LogP contribution in [0.4, 0.5) is 4.79 Å². The Bertz CT molecular complexity index is 863. The standard InChI is InChI=1S/C21H27N3O3S/c1-14(22-13-15-9-10-16(23-15)18-8-6-12-28-18)19(17-7-5-11-26-17)24-20(25)27-21(2,3)4/h5-12,14,19,22-23H,13H2,1-4H3,(H,24,25). The zero-order valence-electron chi connectivity index (χ0n) is 16.6. The fraction of sp³-hybridized carbons (Fsp3) is 0.381. The van der Waals surface area contributed by atoms with Crippen LogP contribution in [0.1, 0.15) is 45.2 Å². The van der Waals surface area contributed by atoms with Crippen LogP contribution in [0, 0.1) is 0 Å². The molecule has 28 heavy (non-hydrogen) atoms. The number of furan rings is 1. The molecule has 0 aliphatic carbocycles. The second kappa shape index (κ2) is 8.67. The number of H-pyrrole nitrogens is 1. The third-order valence-electron chi connectivity index (χ3n) is 4.17. The first kappa shape index (κ1) is 20.2. The predicted octanol–water partition coefficient (Wildman–Crippen LogP) is 5.08. The molecule has 2 atom stereocenters. The summed E-state index contributed by atoms with van der Waals surface area (Å²) >= 11 is 1.70. The number of rotatable bonds is 7. The minimum absolute atomic E-state index is 0.0767. The summed E-state index contributed by atoms with van der Waals surface area (Å²) in [5.74, 6) is 0.677. The quantitative estimate of drug-likeness (QED) is 0.516. The van der Waals surface area contributed by atoms with E-state index in [9.17, 15) is 4.79 Å². The maximum atomic E-state index is 12.3. The smallest absolute Gasteiger partial charge is 0.408 e. The average molecular weight is 402 g/mol. The summed E-state index contributed by atoms with van der Waals surface area (Å²) in [5.41, 5.74) is 1.62. The van der Waals surface area contributed by atoms with Crippen LogP contribution in [0.3, 0.4) is 0 Å². The molecular formula is C21H27N3O3S. The van der Waals surface area contributed by atoms with E-state index in [0.717, 1.165) is 11.4 Å². The lowest BCUT2D eigenvalue weighted by atomic mass is 10.1. The van der Waals surface area contributed by atoms with Gasteiger partial charge in [0.15, 0.2) is 0 Å². The molecule has 0 aliphatic heterocycles. The third-order valence-corrected chi connectivity index (χ3v) is 5.07. The van der Waals surface area contributed by atoms with Crippen LogP contribution in [-0.4, -0.2) is 22.7 Å². The molecule has 0 saturated carbocycles. The van der Waals surface area contributed by atoms with Gasteiger partial charge in [-0.15, -0.1) is 11.3 Å². The van der Waals surface area contributed by atoms with Gasteiger partial charge in [-0.3, -0.25) is 0 Å². The SMILES string of the molecule is CC(NCc1ccc(-c2cccs2)[nH]1)C(NC(=O)OC(C)(C)C)c1ccco1. The molecule has 0 spiro atoms. The van der Waals surface area contributed by atoms with Gasteiger partial charge in [0.25, 0.3) is 0 Å². The van der Waals surface area contributed by atoms with E-state index < -0.39 is 11.7 Å². The topological polar surface area (TPSA) is 79.3 Å². The van der Waals surface area contributed by atoms with Crippen molar-refractivity contribution >= 4 is 17.4 Å². The highest BCUT2D eigenvalue weighted by Gasteiger charge is 2.26. The summed E-state index contributed by atoms with van der Waals surface area (Å²) in [6, 6.07) is 11.5. The summed E-state index contributed by atoms with van der Waals surface area (Å²) in [4.78, 5) is 16.9. The number of thiophene rings is 1. The first-order valence-corrected chi connectivity index (χ1v) is 10.2. The van der Waals surface area contributed by atoms with Gasteiger partial charge in [0.05, 0.1) is 16.8 Å². The zero-order chi connectivity index (χ0) is 20.1. The van der Waals surface area contributed by atoms with Gasteiger partial charge in [-0.1, -0.05) is 6.07 Å². The number of hydrogen-bond acceptors (Lipinski definition) is 5. The van der Waals surface area contributed by atoms with Gasteiger partial charge in [0.2, 0.25) is 0 Å². The van der Waals surface area contributed by atoms with Crippen molar-refractivity contribution in [3.8, 4) is 10.6 Å². The van der Waals surface area contributed by atoms with Crippen LogP contribution < -0.4 is 10.6 Å². The number of aromatic amines is 1. The van der Waals surface area contributed by atoms with Crippen molar-refractivity contribution in [2.75, 3.05) is 0 Å². The number of alkyl carbamates (subject to hydrolysis) is 1. The second-order valence-corrected chi connectivity index (χ2v) is 8.63. The first-order chi connectivity index (χ1) is 13.3. The lowest BCUT2D eigenvalue weighted by Crippen LogP contribution is -2.43. The number of carbonyl (C=O) groups is 1. The Kier molecular flexibility index (Phi) is 6.26. The summed E-state index contributed by atoms with van der Waals surface area (Å²) < 4.78 is 10.9. The van der Waals surface area contributed by atoms with Gasteiger partial charge < -0.3 is 24.8 Å². The highest BCUT2D eigenvalue weighted by molar-refractivity contribution is 7.13. The molecule has 3 N–H and O–H groups in total. The molecule has 7 heteroatoms. The largest absolute Gasteiger partial charge is 0.467 e. The maximum Gasteiger partial charge on any atom is 0.408 e. The molecule has 0 aromatic carbocycles. The number of hydrogen-bond donors (Lipinski definition) is 3. The van der Waals surface area contributed by atoms with Gasteiger partial charge in [-0.25, -0.2) is 4.79 Å². The molecule has 2 unspecified atom stereocenters. The molecule has 1 amide bonds. The van der Waals surface area contributed by atoms with Gasteiger partial charge in [-0.05, 0) is 63.4 Å². The molecule has 150 valence electrons. The lowest BCUT2D eigenvalue weighted by Gasteiger charge is -2.26. The van der Waals surface area contributed by atoms with Crippen LogP contribution in [-0.2, 0) is 11.3 Å². The molecule has 0 radical (unpaired) electrons. The van der Waals surface area contributed by atoms with E-state index in [0.29, 0.717) is 12.3 Å². The molecular weight excluding hydrogens is 374 g/mol. The summed E-state index contributed by atoms with van der Waals surface area (Å²) in [6.07, 6.45) is 1.13. The maximum absolute atomic E-state index is 12.3. The van der Waals surface area contributed by atoms with Crippen LogP contribution in [0.15, 0.2) is 52.5 Å². The van der Waals surface area contributed by atoms with E-state index >= 15 is 0 Å². The van der Waals surface area contributed by atoms with Crippen LogP contribution >= 0.6 is 11.3 Å². The van der Waals surface area contributed by atoms with Crippen LogP contribution in [0.2, 0.25) is 0 Å². The molecule has 0 saturated heterocycles. The molecule has 6 nitrogen and oxygen atoms in total. The van der Waals surface area contributed by atoms with Crippen molar-refractivity contribution in [1.29, 1.82) is 0 Å². The van der Waals surface area contributed by atoms with E-state index in [1.54, 1.807) is 17.6 Å². The fourth-order valence-electron chi connectivity index (χ4n) is 2.85. The summed E-state index contributed by atoms with van der Waals surface area (Å²) in [5, 5.41) is 8.43. The van der Waals surface area contributed by atoms with Gasteiger partial charge in [0, 0.05) is 18.3 Å². The average Bonchev–Trinajstić information content (AvgIpc) is 3.38. The lowest BCUT2D eigenvalue weighted by molar-refractivity contribution is 0.0485. The Labute approximate surface area is 169 Å². The van der Waals surface area contributed by atoms with Crippen molar-refractivity contribution in [3.05, 3.63) is 59.5 Å². The predicted molar refractivity (Wildman–Crippen MR) is 111 cm³/mol. The van der Waals surface area contributed by atoms with Crippen molar-refractivity contribution in [2.24, 2.45) is 0 Å². The van der Waals surface area contributed by atoms with Crippen LogP contribution in [0.25, 0.3) is 10.6 Å². The Morgan fingerprint density at radius 1 is 1.25 bits per heavy atom. The van der Waals surface area contributed by atoms with Gasteiger partial charge >= 0.3 is 6.09 Å². The van der Waals surface area contributed by atoms with Crippen molar-refractivity contribution in [3.63, 3.8) is 0 Å². The van der Waals surface area contributed by atoms with Crippen molar-refractivity contribution in [1.82, 2.24) is 15.6 Å². The summed E-state index contributed by atoms with van der Waals surface area (Å²) in [7, 11) is 0. The Balaban J connectivity index is 1.63. The minimum atomic E-state index is -0.559. The fourth-order valence-corrected chi connectivity index (χ4v) is 3.56. The van der Waals surface area contributed by atoms with E-state index in [4.69, 9.17) is 9.15 Å². The zero-order valence-corrected chi connectivity index (χ0v) is 17.4. The molecule has 3 heterocycles. The number of nitrogens with one attached hydrogen (secondary N) is 3. The minimum Gasteiger partial charge on any atom is -0.467 e. The van der Waals surface area contributed by atoms with Gasteiger partial charge in [-0.2, -0.15) is 0 Å². The Morgan fingerprint density at radius 2 is 2.07 bits per heavy atom. The van der Waals surface area contributed by atoms with Crippen LogP contribution in [0.5, 0.6) is 0 Å².